The molecule has 0 amide bonds. The van der Waals surface area contributed by atoms with E-state index in [2.05, 4.69) is 36.6 Å². The lowest BCUT2D eigenvalue weighted by Gasteiger charge is -2.07. The van der Waals surface area contributed by atoms with Gasteiger partial charge in [-0.3, -0.25) is 10.4 Å². The van der Waals surface area contributed by atoms with E-state index in [-0.39, 0.29) is 0 Å². The molecule has 2 heterocycles. The van der Waals surface area contributed by atoms with Gasteiger partial charge in [0.2, 0.25) is 5.96 Å². The van der Waals surface area contributed by atoms with Gasteiger partial charge < -0.3 is 5.32 Å². The molecule has 16 heavy (non-hydrogen) atoms. The van der Waals surface area contributed by atoms with Crippen LogP contribution in [0.2, 0.25) is 0 Å². The molecular weight excluding hydrogens is 270 g/mol. The molecule has 0 saturated carbocycles. The third kappa shape index (κ3) is 1.65. The zero-order chi connectivity index (χ0) is 11.0. The van der Waals surface area contributed by atoms with Crippen molar-refractivity contribution in [2.24, 2.45) is 4.99 Å². The topological polar surface area (TPSA) is 54.2 Å². The van der Waals surface area contributed by atoms with Crippen LogP contribution in [-0.4, -0.2) is 28.7 Å². The molecule has 1 aromatic heterocycles. The summed E-state index contributed by atoms with van der Waals surface area (Å²) in [6.07, 6.45) is 1.75. The second kappa shape index (κ2) is 3.79. The van der Waals surface area contributed by atoms with E-state index in [9.17, 15) is 0 Å². The van der Waals surface area contributed by atoms with Gasteiger partial charge in [0.1, 0.15) is 6.33 Å². The zero-order valence-electron chi connectivity index (χ0n) is 8.44. The minimum atomic E-state index is 0.794. The van der Waals surface area contributed by atoms with E-state index in [0.29, 0.717) is 0 Å². The maximum absolute atomic E-state index is 4.31. The molecule has 0 fully saturated rings. The van der Waals surface area contributed by atoms with Crippen molar-refractivity contribution in [2.45, 2.75) is 0 Å². The highest BCUT2D eigenvalue weighted by Gasteiger charge is 2.07. The van der Waals surface area contributed by atoms with E-state index in [1.807, 2.05) is 22.9 Å². The molecule has 0 unspecified atom stereocenters. The Balaban J connectivity index is 1.97. The normalized spacial score (nSPS) is 14.9. The molecule has 1 aliphatic rings. The average molecular weight is 280 g/mol. The second-order valence-corrected chi connectivity index (χ2v) is 4.43. The van der Waals surface area contributed by atoms with Gasteiger partial charge in [-0.05, 0) is 18.2 Å². The number of fused-ring (bicyclic) bond motifs is 1. The molecule has 0 aliphatic carbocycles. The number of guanidine groups is 1. The van der Waals surface area contributed by atoms with Crippen LogP contribution in [0.1, 0.15) is 0 Å². The van der Waals surface area contributed by atoms with Gasteiger partial charge in [0, 0.05) is 11.0 Å². The first-order valence-electron chi connectivity index (χ1n) is 5.01. The molecule has 2 N–H and O–H groups in total. The van der Waals surface area contributed by atoms with Crippen LogP contribution in [0.5, 0.6) is 0 Å². The molecule has 0 spiro atoms. The number of nitrogens with zero attached hydrogens (tertiary/aromatic N) is 3. The number of hydrogen-bond acceptors (Lipinski definition) is 4. The average Bonchev–Trinajstić information content (AvgIpc) is 2.89. The van der Waals surface area contributed by atoms with Crippen molar-refractivity contribution in [2.75, 3.05) is 18.5 Å². The van der Waals surface area contributed by atoms with Gasteiger partial charge in [0.15, 0.2) is 0 Å². The first-order valence-corrected chi connectivity index (χ1v) is 5.80. The van der Waals surface area contributed by atoms with E-state index in [1.165, 1.54) is 0 Å². The second-order valence-electron chi connectivity index (χ2n) is 3.52. The Bertz CT molecular complexity index is 559. The van der Waals surface area contributed by atoms with Crippen molar-refractivity contribution < 1.29 is 0 Å². The van der Waals surface area contributed by atoms with E-state index in [0.717, 1.165) is 34.6 Å². The highest BCUT2D eigenvalue weighted by atomic mass is 79.9. The standard InChI is InChI=1S/C10H10BrN5/c11-7-1-2-9-8(5-7)14-6-16(9)15-10-12-3-4-13-10/h1-2,5-6H,3-4H2,(H2,12,13,15). The van der Waals surface area contributed by atoms with Crippen molar-refractivity contribution in [3.63, 3.8) is 0 Å². The van der Waals surface area contributed by atoms with Crippen LogP contribution in [0.15, 0.2) is 34.0 Å². The van der Waals surface area contributed by atoms with Crippen molar-refractivity contribution >= 4 is 32.9 Å². The molecule has 5 nitrogen and oxygen atoms in total. The van der Waals surface area contributed by atoms with Gasteiger partial charge in [-0.1, -0.05) is 15.9 Å². The summed E-state index contributed by atoms with van der Waals surface area (Å²) in [4.78, 5) is 8.58. The number of halogens is 1. The molecule has 1 aromatic carbocycles. The monoisotopic (exact) mass is 279 g/mol. The number of imidazole rings is 1. The molecule has 3 rings (SSSR count). The van der Waals surface area contributed by atoms with Gasteiger partial charge in [-0.2, -0.15) is 0 Å². The summed E-state index contributed by atoms with van der Waals surface area (Å²) in [6.45, 7) is 1.71. The summed E-state index contributed by atoms with van der Waals surface area (Å²) in [6, 6.07) is 5.98. The minimum Gasteiger partial charge on any atom is -0.353 e. The molecule has 2 aromatic rings. The number of rotatable bonds is 1. The Kier molecular flexibility index (Phi) is 2.28. The summed E-state index contributed by atoms with van der Waals surface area (Å²) in [5.41, 5.74) is 5.13. The van der Waals surface area contributed by atoms with Gasteiger partial charge in [0.25, 0.3) is 0 Å². The molecular formula is C10H10BrN5. The van der Waals surface area contributed by atoms with Crippen LogP contribution < -0.4 is 10.7 Å². The predicted molar refractivity (Wildman–Crippen MR) is 67.1 cm³/mol. The third-order valence-corrected chi connectivity index (χ3v) is 2.90. The molecule has 0 saturated heterocycles. The number of benzene rings is 1. The van der Waals surface area contributed by atoms with E-state index in [4.69, 9.17) is 0 Å². The highest BCUT2D eigenvalue weighted by Crippen LogP contribution is 2.17. The summed E-state index contributed by atoms with van der Waals surface area (Å²) in [7, 11) is 0. The molecule has 0 radical (unpaired) electrons. The van der Waals surface area contributed by atoms with Crippen LogP contribution in [-0.2, 0) is 0 Å². The van der Waals surface area contributed by atoms with Crippen molar-refractivity contribution in [1.82, 2.24) is 15.0 Å². The van der Waals surface area contributed by atoms with E-state index >= 15 is 0 Å². The maximum Gasteiger partial charge on any atom is 0.211 e. The van der Waals surface area contributed by atoms with Crippen LogP contribution >= 0.6 is 15.9 Å². The molecule has 1 aliphatic heterocycles. The number of aromatic nitrogens is 2. The van der Waals surface area contributed by atoms with Crippen LogP contribution in [0.4, 0.5) is 0 Å². The fourth-order valence-electron chi connectivity index (χ4n) is 1.66. The lowest BCUT2D eigenvalue weighted by atomic mass is 10.3. The third-order valence-electron chi connectivity index (χ3n) is 2.41. The fraction of sp³-hybridized carbons (Fsp3) is 0.200. The largest absolute Gasteiger partial charge is 0.353 e. The first kappa shape index (κ1) is 9.65. The fourth-order valence-corrected chi connectivity index (χ4v) is 2.01. The van der Waals surface area contributed by atoms with E-state index in [1.54, 1.807) is 6.33 Å². The SMILES string of the molecule is Brc1ccc2c(c1)ncn2NC1=NCCN1. The quantitative estimate of drug-likeness (QED) is 0.828. The predicted octanol–water partition coefficient (Wildman–Crippen LogP) is 1.30. The van der Waals surface area contributed by atoms with Crippen molar-refractivity contribution in [3.05, 3.63) is 29.0 Å². The minimum absolute atomic E-state index is 0.794. The Labute approximate surface area is 101 Å². The summed E-state index contributed by atoms with van der Waals surface area (Å²) in [5.74, 6) is 0.794. The smallest absolute Gasteiger partial charge is 0.211 e. The Morgan fingerprint density at radius 1 is 1.44 bits per heavy atom. The van der Waals surface area contributed by atoms with Gasteiger partial charge >= 0.3 is 0 Å². The molecule has 6 heteroatoms. The van der Waals surface area contributed by atoms with Crippen molar-refractivity contribution in [3.8, 4) is 0 Å². The Morgan fingerprint density at radius 2 is 2.38 bits per heavy atom. The molecule has 0 bridgehead atoms. The lowest BCUT2D eigenvalue weighted by Crippen LogP contribution is -2.31. The summed E-state index contributed by atoms with van der Waals surface area (Å²) >= 11 is 3.42. The number of aliphatic imine (C=N–C) groups is 1. The lowest BCUT2D eigenvalue weighted by molar-refractivity contribution is 0.937. The summed E-state index contributed by atoms with van der Waals surface area (Å²) < 4.78 is 2.89. The van der Waals surface area contributed by atoms with Gasteiger partial charge in [-0.25, -0.2) is 9.66 Å². The highest BCUT2D eigenvalue weighted by molar-refractivity contribution is 9.10. The van der Waals surface area contributed by atoms with Gasteiger partial charge in [-0.15, -0.1) is 0 Å². The van der Waals surface area contributed by atoms with Crippen LogP contribution in [0.3, 0.4) is 0 Å². The van der Waals surface area contributed by atoms with E-state index < -0.39 is 0 Å². The summed E-state index contributed by atoms with van der Waals surface area (Å²) in [5, 5.41) is 3.15. The Morgan fingerprint density at radius 3 is 3.19 bits per heavy atom. The van der Waals surface area contributed by atoms with Crippen molar-refractivity contribution in [1.29, 1.82) is 0 Å². The van der Waals surface area contributed by atoms with Crippen LogP contribution in [0.25, 0.3) is 11.0 Å². The van der Waals surface area contributed by atoms with Crippen LogP contribution in [0, 0.1) is 0 Å². The first-order chi connectivity index (χ1) is 7.83. The number of hydrogen-bond donors (Lipinski definition) is 2. The number of nitrogens with one attached hydrogen (secondary N) is 2. The zero-order valence-corrected chi connectivity index (χ0v) is 10.0. The molecule has 0 atom stereocenters. The molecule has 82 valence electrons. The van der Waals surface area contributed by atoms with Gasteiger partial charge in [0.05, 0.1) is 17.6 Å². The Hall–Kier alpha value is -1.56. The maximum atomic E-state index is 4.31.